The molecule has 0 bridgehead atoms. The van der Waals surface area contributed by atoms with Crippen molar-refractivity contribution >= 4 is 23.5 Å². The van der Waals surface area contributed by atoms with Crippen molar-refractivity contribution in [1.29, 1.82) is 0 Å². The number of nitro benzene ring substituents is 1. The van der Waals surface area contributed by atoms with Crippen molar-refractivity contribution < 1.29 is 28.0 Å². The minimum atomic E-state index is -4.49. The third kappa shape index (κ3) is 5.70. The summed E-state index contributed by atoms with van der Waals surface area (Å²) in [5, 5.41) is 26.2. The van der Waals surface area contributed by atoms with Crippen LogP contribution < -0.4 is 10.7 Å². The van der Waals surface area contributed by atoms with Gasteiger partial charge in [0.2, 0.25) is 0 Å². The van der Waals surface area contributed by atoms with Crippen LogP contribution in [0, 0.1) is 10.1 Å². The number of nitrogens with zero attached hydrogens (tertiary/aromatic N) is 2. The molecular weight excluding hydrogens is 369 g/mol. The molecule has 0 fully saturated rings. The fourth-order valence-electron chi connectivity index (χ4n) is 1.97. The molecule has 0 aliphatic rings. The van der Waals surface area contributed by atoms with Crippen molar-refractivity contribution in [2.45, 2.75) is 6.18 Å². The lowest BCUT2D eigenvalue weighted by atomic mass is 10.2. The molecule has 2 aromatic rings. The molecule has 0 heterocycles. The van der Waals surface area contributed by atoms with Gasteiger partial charge in [-0.2, -0.15) is 18.3 Å². The highest BCUT2D eigenvalue weighted by Gasteiger charge is 2.30. The average Bonchev–Trinajstić information content (AvgIpc) is 2.60. The van der Waals surface area contributed by atoms with Crippen LogP contribution in [0.5, 0.6) is 5.75 Å². The van der Waals surface area contributed by atoms with Gasteiger partial charge in [-0.1, -0.05) is 6.07 Å². The first-order chi connectivity index (χ1) is 12.7. The van der Waals surface area contributed by atoms with E-state index < -0.39 is 34.0 Å². The Bertz CT molecular complexity index is 884. The normalized spacial score (nSPS) is 11.4. The van der Waals surface area contributed by atoms with Crippen molar-refractivity contribution in [3.05, 3.63) is 63.7 Å². The summed E-state index contributed by atoms with van der Waals surface area (Å²) in [6.07, 6.45) is -3.37. The maximum Gasteiger partial charge on any atom is 0.416 e. The topological polar surface area (TPSA) is 117 Å². The maximum atomic E-state index is 12.6. The van der Waals surface area contributed by atoms with Crippen LogP contribution in [-0.4, -0.2) is 28.7 Å². The predicted octanol–water partition coefficient (Wildman–Crippen LogP) is 2.88. The van der Waals surface area contributed by atoms with Crippen molar-refractivity contribution in [2.75, 3.05) is 11.9 Å². The fourth-order valence-corrected chi connectivity index (χ4v) is 1.97. The van der Waals surface area contributed by atoms with Gasteiger partial charge in [-0.25, -0.2) is 5.43 Å². The summed E-state index contributed by atoms with van der Waals surface area (Å²) in [5.41, 5.74) is 1.12. The number of phenolic OH excluding ortho intramolecular Hbond substituents is 1. The molecule has 2 rings (SSSR count). The summed E-state index contributed by atoms with van der Waals surface area (Å²) in [6, 6.07) is 7.88. The van der Waals surface area contributed by atoms with Crippen LogP contribution in [0.15, 0.2) is 47.6 Å². The van der Waals surface area contributed by atoms with E-state index in [4.69, 9.17) is 0 Å². The molecule has 0 saturated carbocycles. The van der Waals surface area contributed by atoms with E-state index >= 15 is 0 Å². The van der Waals surface area contributed by atoms with E-state index in [1.54, 1.807) is 0 Å². The number of rotatable bonds is 6. The first kappa shape index (κ1) is 19.7. The third-order valence-corrected chi connectivity index (χ3v) is 3.24. The number of hydrogen-bond acceptors (Lipinski definition) is 6. The average molecular weight is 382 g/mol. The summed E-state index contributed by atoms with van der Waals surface area (Å²) in [6.45, 7) is -0.339. The molecule has 8 nitrogen and oxygen atoms in total. The number of hydrogen-bond donors (Lipinski definition) is 3. The molecule has 0 spiro atoms. The number of carbonyl (C=O) groups excluding carboxylic acids is 1. The van der Waals surface area contributed by atoms with E-state index in [9.17, 15) is 33.2 Å². The Morgan fingerprint density at radius 3 is 2.67 bits per heavy atom. The number of carbonyl (C=O) groups is 1. The zero-order valence-corrected chi connectivity index (χ0v) is 13.5. The second-order valence-electron chi connectivity index (χ2n) is 5.23. The molecule has 0 aliphatic carbocycles. The Labute approximate surface area is 150 Å². The SMILES string of the molecule is O=C(CNc1cccc(C(F)(F)F)c1)N/N=C\c1ccc(O)c([N+](=O)[O-])c1. The standard InChI is InChI=1S/C16H13F3N4O4/c17-16(18,19)11-2-1-3-12(7-11)20-9-15(25)22-21-8-10-4-5-14(24)13(6-10)23(26)27/h1-8,20,24H,9H2,(H,22,25)/b21-8-. The molecule has 11 heteroatoms. The van der Waals surface area contributed by atoms with Crippen LogP contribution in [0.4, 0.5) is 24.5 Å². The molecule has 0 saturated heterocycles. The molecule has 0 radical (unpaired) electrons. The van der Waals surface area contributed by atoms with Gasteiger partial charge in [0.1, 0.15) is 0 Å². The number of amides is 1. The molecule has 27 heavy (non-hydrogen) atoms. The van der Waals surface area contributed by atoms with Crippen LogP contribution in [0.1, 0.15) is 11.1 Å². The van der Waals surface area contributed by atoms with Gasteiger partial charge in [0.05, 0.1) is 23.2 Å². The first-order valence-electron chi connectivity index (χ1n) is 7.37. The largest absolute Gasteiger partial charge is 0.502 e. The molecule has 0 aliphatic heterocycles. The van der Waals surface area contributed by atoms with Gasteiger partial charge in [-0.3, -0.25) is 14.9 Å². The lowest BCUT2D eigenvalue weighted by Gasteiger charge is -2.10. The number of nitrogens with one attached hydrogen (secondary N) is 2. The van der Waals surface area contributed by atoms with E-state index in [-0.39, 0.29) is 17.8 Å². The molecule has 0 atom stereocenters. The molecule has 142 valence electrons. The summed E-state index contributed by atoms with van der Waals surface area (Å²) >= 11 is 0. The van der Waals surface area contributed by atoms with E-state index in [0.717, 1.165) is 30.5 Å². The zero-order valence-electron chi connectivity index (χ0n) is 13.5. The highest BCUT2D eigenvalue weighted by molar-refractivity contribution is 5.85. The third-order valence-electron chi connectivity index (χ3n) is 3.24. The minimum absolute atomic E-state index is 0.109. The lowest BCUT2D eigenvalue weighted by Crippen LogP contribution is -2.26. The van der Waals surface area contributed by atoms with Gasteiger partial charge < -0.3 is 10.4 Å². The number of phenols is 1. The summed E-state index contributed by atoms with van der Waals surface area (Å²) in [5.74, 6) is -1.15. The van der Waals surface area contributed by atoms with E-state index in [1.165, 1.54) is 18.2 Å². The Balaban J connectivity index is 1.91. The zero-order chi connectivity index (χ0) is 20.0. The van der Waals surface area contributed by atoms with Crippen molar-refractivity contribution in [2.24, 2.45) is 5.10 Å². The van der Waals surface area contributed by atoms with E-state index in [2.05, 4.69) is 15.8 Å². The first-order valence-corrected chi connectivity index (χ1v) is 7.37. The van der Waals surface area contributed by atoms with E-state index in [0.29, 0.717) is 0 Å². The van der Waals surface area contributed by atoms with Crippen molar-refractivity contribution in [3.8, 4) is 5.75 Å². The fraction of sp³-hybridized carbons (Fsp3) is 0.125. The predicted molar refractivity (Wildman–Crippen MR) is 90.4 cm³/mol. The lowest BCUT2D eigenvalue weighted by molar-refractivity contribution is -0.385. The van der Waals surface area contributed by atoms with Crippen LogP contribution in [0.3, 0.4) is 0 Å². The number of alkyl halides is 3. The van der Waals surface area contributed by atoms with E-state index in [1.807, 2.05) is 0 Å². The Morgan fingerprint density at radius 1 is 1.26 bits per heavy atom. The van der Waals surface area contributed by atoms with Gasteiger partial charge in [0.15, 0.2) is 5.75 Å². The van der Waals surface area contributed by atoms with Crippen LogP contribution in [0.2, 0.25) is 0 Å². The van der Waals surface area contributed by atoms with Crippen molar-refractivity contribution in [1.82, 2.24) is 5.43 Å². The molecule has 2 aromatic carbocycles. The molecule has 0 unspecified atom stereocenters. The summed E-state index contributed by atoms with van der Waals surface area (Å²) in [7, 11) is 0. The van der Waals surface area contributed by atoms with Crippen LogP contribution in [0.25, 0.3) is 0 Å². The maximum absolute atomic E-state index is 12.6. The summed E-state index contributed by atoms with van der Waals surface area (Å²) < 4.78 is 37.8. The number of aromatic hydroxyl groups is 1. The number of hydrazone groups is 1. The Morgan fingerprint density at radius 2 is 2.00 bits per heavy atom. The number of halogens is 3. The highest BCUT2D eigenvalue weighted by atomic mass is 19.4. The highest BCUT2D eigenvalue weighted by Crippen LogP contribution is 2.30. The smallest absolute Gasteiger partial charge is 0.416 e. The number of anilines is 1. The monoisotopic (exact) mass is 382 g/mol. The van der Waals surface area contributed by atoms with Gasteiger partial charge in [-0.05, 0) is 30.3 Å². The number of nitro groups is 1. The number of benzene rings is 2. The van der Waals surface area contributed by atoms with Gasteiger partial charge >= 0.3 is 11.9 Å². The second kappa shape index (κ2) is 8.17. The Hall–Kier alpha value is -3.63. The van der Waals surface area contributed by atoms with Crippen LogP contribution >= 0.6 is 0 Å². The molecule has 0 aromatic heterocycles. The van der Waals surface area contributed by atoms with Gasteiger partial charge in [-0.15, -0.1) is 0 Å². The van der Waals surface area contributed by atoms with Crippen LogP contribution in [-0.2, 0) is 11.0 Å². The molecule has 3 N–H and O–H groups in total. The van der Waals surface area contributed by atoms with Gasteiger partial charge in [0.25, 0.3) is 5.91 Å². The van der Waals surface area contributed by atoms with Gasteiger partial charge in [0, 0.05) is 17.3 Å². The minimum Gasteiger partial charge on any atom is -0.502 e. The quantitative estimate of drug-likeness (QED) is 0.403. The van der Waals surface area contributed by atoms with Crippen molar-refractivity contribution in [3.63, 3.8) is 0 Å². The Kier molecular flexibility index (Phi) is 5.96. The summed E-state index contributed by atoms with van der Waals surface area (Å²) in [4.78, 5) is 21.6. The second-order valence-corrected chi connectivity index (χ2v) is 5.23. The molecular formula is C16H13F3N4O4. The molecule has 1 amide bonds.